The molecule has 0 aliphatic carbocycles. The van der Waals surface area contributed by atoms with E-state index in [1.807, 2.05) is 12.4 Å². The highest BCUT2D eigenvalue weighted by molar-refractivity contribution is 5.70. The molecule has 0 aliphatic rings. The maximum atomic E-state index is 4.14. The largest absolute Gasteiger partial charge is 0.372 e. The molecule has 290 valence electrons. The van der Waals surface area contributed by atoms with Crippen LogP contribution >= 0.6 is 0 Å². The van der Waals surface area contributed by atoms with Gasteiger partial charge in [0, 0.05) is 31.2 Å². The Morgan fingerprint density at radius 3 is 0.941 bits per heavy atom. The van der Waals surface area contributed by atoms with Gasteiger partial charge in [0.15, 0.2) is 0 Å². The van der Waals surface area contributed by atoms with Gasteiger partial charge < -0.3 is 4.90 Å². The number of nitrogens with zero attached hydrogens (tertiary/aromatic N) is 2. The van der Waals surface area contributed by atoms with Crippen molar-refractivity contribution in [2.75, 3.05) is 18.0 Å². The van der Waals surface area contributed by atoms with Crippen LogP contribution in [0.1, 0.15) is 230 Å². The molecule has 1 aromatic heterocycles. The lowest BCUT2D eigenvalue weighted by Gasteiger charge is -2.25. The molecule has 2 nitrogen and oxygen atoms in total. The number of anilines is 1. The highest BCUT2D eigenvalue weighted by Gasteiger charge is 2.07. The first-order valence-corrected chi connectivity index (χ1v) is 22.8. The Labute approximate surface area is 319 Å². The van der Waals surface area contributed by atoms with Gasteiger partial charge in [0.25, 0.3) is 0 Å². The summed E-state index contributed by atoms with van der Waals surface area (Å²) >= 11 is 0. The Hall–Kier alpha value is -2.09. The lowest BCUT2D eigenvalue weighted by molar-refractivity contribution is 0.524. The molecule has 0 unspecified atom stereocenters. The Kier molecular flexibility index (Phi) is 30.9. The normalized spacial score (nSPS) is 11.6. The summed E-state index contributed by atoms with van der Waals surface area (Å²) in [7, 11) is 0. The van der Waals surface area contributed by atoms with Crippen molar-refractivity contribution < 1.29 is 0 Å². The summed E-state index contributed by atoms with van der Waals surface area (Å²) < 4.78 is 0. The first kappa shape index (κ1) is 45.1. The van der Waals surface area contributed by atoms with Gasteiger partial charge in [-0.2, -0.15) is 0 Å². The van der Waals surface area contributed by atoms with Gasteiger partial charge >= 0.3 is 0 Å². The molecule has 0 aliphatic heterocycles. The summed E-state index contributed by atoms with van der Waals surface area (Å²) in [5, 5.41) is 0. The molecule has 0 spiro atoms. The highest BCUT2D eigenvalue weighted by Crippen LogP contribution is 2.21. The topological polar surface area (TPSA) is 16.1 Å². The minimum absolute atomic E-state index is 1.20. The maximum absolute atomic E-state index is 4.14. The van der Waals surface area contributed by atoms with Gasteiger partial charge in [0.1, 0.15) is 0 Å². The molecular weight excluding hydrogens is 617 g/mol. The van der Waals surface area contributed by atoms with Crippen molar-refractivity contribution in [3.05, 3.63) is 59.9 Å². The minimum Gasteiger partial charge on any atom is -0.372 e. The summed E-state index contributed by atoms with van der Waals surface area (Å²) in [5.74, 6) is 0. The van der Waals surface area contributed by atoms with Gasteiger partial charge in [-0.25, -0.2) is 0 Å². The second kappa shape index (κ2) is 35.0. The van der Waals surface area contributed by atoms with Gasteiger partial charge in [0.2, 0.25) is 0 Å². The van der Waals surface area contributed by atoms with Gasteiger partial charge in [-0.05, 0) is 48.2 Å². The molecule has 2 rings (SSSR count). The zero-order valence-corrected chi connectivity index (χ0v) is 34.2. The van der Waals surface area contributed by atoms with Crippen molar-refractivity contribution in [2.45, 2.75) is 219 Å². The molecule has 2 heteroatoms. The molecule has 1 aromatic carbocycles. The highest BCUT2D eigenvalue weighted by atomic mass is 15.1. The second-order valence-corrected chi connectivity index (χ2v) is 15.8. The number of pyridine rings is 1. The van der Waals surface area contributed by atoms with Crippen LogP contribution in [0.2, 0.25) is 0 Å². The first-order valence-electron chi connectivity index (χ1n) is 22.8. The molecule has 0 atom stereocenters. The third-order valence-corrected chi connectivity index (χ3v) is 11.0. The van der Waals surface area contributed by atoms with E-state index in [9.17, 15) is 0 Å². The average Bonchev–Trinajstić information content (AvgIpc) is 3.16. The third-order valence-electron chi connectivity index (χ3n) is 11.0. The van der Waals surface area contributed by atoms with E-state index in [4.69, 9.17) is 0 Å². The van der Waals surface area contributed by atoms with Crippen LogP contribution in [-0.2, 0) is 0 Å². The van der Waals surface area contributed by atoms with Gasteiger partial charge in [-0.15, -0.1) is 0 Å². The quantitative estimate of drug-likeness (QED) is 0.0652. The monoisotopic (exact) mass is 701 g/mol. The smallest absolute Gasteiger partial charge is 0.0366 e. The van der Waals surface area contributed by atoms with E-state index < -0.39 is 0 Å². The number of unbranched alkanes of at least 4 members (excludes halogenated alkanes) is 30. The fraction of sp³-hybridized carbons (Fsp3) is 0.735. The summed E-state index contributed by atoms with van der Waals surface area (Å²) in [4.78, 5) is 6.82. The number of hydrogen-bond acceptors (Lipinski definition) is 2. The zero-order valence-electron chi connectivity index (χ0n) is 34.2. The number of aromatic nitrogens is 1. The van der Waals surface area contributed by atoms with Crippen LogP contribution in [-0.4, -0.2) is 18.1 Å². The van der Waals surface area contributed by atoms with Gasteiger partial charge in [-0.3, -0.25) is 4.98 Å². The van der Waals surface area contributed by atoms with Crippen molar-refractivity contribution in [3.8, 4) is 0 Å². The Bertz CT molecular complexity index is 961. The summed E-state index contributed by atoms with van der Waals surface area (Å²) in [6, 6.07) is 13.4. The van der Waals surface area contributed by atoms with E-state index in [1.165, 1.54) is 235 Å². The van der Waals surface area contributed by atoms with Crippen molar-refractivity contribution >= 4 is 17.8 Å². The second-order valence-electron chi connectivity index (χ2n) is 15.8. The molecule has 1 heterocycles. The standard InChI is InChI=1S/C49H84N2/c1-3-5-7-9-11-13-15-17-19-21-23-25-27-29-31-33-45-51(49-39-37-47(38-40-49)35-36-48-41-43-50-44-42-48)46-34-32-30-28-26-24-22-20-18-16-14-12-10-8-6-4-2/h35-44H,3-34,45-46H2,1-2H3/b36-35+. The lowest BCUT2D eigenvalue weighted by Crippen LogP contribution is -2.25. The zero-order chi connectivity index (χ0) is 36.1. The van der Waals surface area contributed by atoms with Gasteiger partial charge in [0.05, 0.1) is 0 Å². The van der Waals surface area contributed by atoms with Crippen LogP contribution in [0.5, 0.6) is 0 Å². The van der Waals surface area contributed by atoms with Crippen molar-refractivity contribution in [1.82, 2.24) is 4.98 Å². The number of benzene rings is 1. The molecule has 0 saturated carbocycles. The Morgan fingerprint density at radius 2 is 0.627 bits per heavy atom. The number of rotatable bonds is 37. The van der Waals surface area contributed by atoms with Crippen molar-refractivity contribution in [1.29, 1.82) is 0 Å². The summed E-state index contributed by atoms with van der Waals surface area (Å²) in [6.45, 7) is 7.01. The SMILES string of the molecule is CCCCCCCCCCCCCCCCCCN(CCCCCCCCCCCCCCCCCC)c1ccc(/C=C/c2ccncc2)cc1. The summed E-state index contributed by atoms with van der Waals surface area (Å²) in [5.41, 5.74) is 3.86. The fourth-order valence-electron chi connectivity index (χ4n) is 7.53. The van der Waals surface area contributed by atoms with Crippen LogP contribution in [0.15, 0.2) is 48.8 Å². The number of hydrogen-bond donors (Lipinski definition) is 0. The van der Waals surface area contributed by atoms with Crippen LogP contribution in [0.3, 0.4) is 0 Å². The van der Waals surface area contributed by atoms with E-state index in [2.05, 4.69) is 72.3 Å². The van der Waals surface area contributed by atoms with Crippen molar-refractivity contribution in [2.24, 2.45) is 0 Å². The minimum atomic E-state index is 1.20. The maximum Gasteiger partial charge on any atom is 0.0366 e. The molecule has 0 amide bonds. The van der Waals surface area contributed by atoms with Crippen LogP contribution in [0, 0.1) is 0 Å². The first-order chi connectivity index (χ1) is 25.3. The van der Waals surface area contributed by atoms with E-state index in [1.54, 1.807) is 0 Å². The third kappa shape index (κ3) is 27.2. The predicted octanol–water partition coefficient (Wildman–Crippen LogP) is 16.6. The molecule has 51 heavy (non-hydrogen) atoms. The van der Waals surface area contributed by atoms with Crippen LogP contribution in [0.25, 0.3) is 12.2 Å². The van der Waals surface area contributed by atoms with E-state index in [-0.39, 0.29) is 0 Å². The lowest BCUT2D eigenvalue weighted by atomic mass is 10.0. The van der Waals surface area contributed by atoms with E-state index >= 15 is 0 Å². The van der Waals surface area contributed by atoms with E-state index in [0.717, 1.165) is 0 Å². The predicted molar refractivity (Wildman–Crippen MR) is 231 cm³/mol. The molecule has 0 saturated heterocycles. The summed E-state index contributed by atoms with van der Waals surface area (Å²) in [6.07, 6.45) is 53.9. The molecule has 0 radical (unpaired) electrons. The van der Waals surface area contributed by atoms with Crippen molar-refractivity contribution in [3.63, 3.8) is 0 Å². The molecule has 0 bridgehead atoms. The molecular formula is C49H84N2. The van der Waals surface area contributed by atoms with Gasteiger partial charge in [-0.1, -0.05) is 231 Å². The molecule has 0 N–H and O–H groups in total. The molecule has 2 aromatic rings. The van der Waals surface area contributed by atoms with Crippen LogP contribution in [0.4, 0.5) is 5.69 Å². The van der Waals surface area contributed by atoms with Crippen LogP contribution < -0.4 is 4.90 Å². The Balaban J connectivity index is 1.59. The average molecular weight is 701 g/mol. The van der Waals surface area contributed by atoms with E-state index in [0.29, 0.717) is 0 Å². The Morgan fingerprint density at radius 1 is 0.353 bits per heavy atom. The molecule has 0 fully saturated rings. The fourth-order valence-corrected chi connectivity index (χ4v) is 7.53.